The van der Waals surface area contributed by atoms with Gasteiger partial charge >= 0.3 is 0 Å². The standard InChI is InChI=1S/C14H23N3O/c1-11(2)14(18)10-16-6-4-13(5-7-16)17-9-12(3)8-15-17/h8-9,11,13H,4-7,10H2,1-3H3. The first-order valence-corrected chi connectivity index (χ1v) is 6.82. The molecule has 4 nitrogen and oxygen atoms in total. The zero-order valence-corrected chi connectivity index (χ0v) is 11.6. The van der Waals surface area contributed by atoms with E-state index < -0.39 is 0 Å². The second-order valence-electron chi connectivity index (χ2n) is 5.63. The highest BCUT2D eigenvalue weighted by atomic mass is 16.1. The molecule has 0 aliphatic carbocycles. The third kappa shape index (κ3) is 3.19. The second kappa shape index (κ2) is 5.65. The molecule has 0 radical (unpaired) electrons. The number of carbonyl (C=O) groups is 1. The van der Waals surface area contributed by atoms with Crippen LogP contribution < -0.4 is 0 Å². The van der Waals surface area contributed by atoms with Gasteiger partial charge in [-0.15, -0.1) is 0 Å². The molecular weight excluding hydrogens is 226 g/mol. The Bertz CT molecular complexity index is 403. The molecule has 1 aliphatic rings. The summed E-state index contributed by atoms with van der Waals surface area (Å²) in [5.74, 6) is 0.500. The van der Waals surface area contributed by atoms with E-state index in [2.05, 4.69) is 27.8 Å². The Balaban J connectivity index is 1.83. The maximum absolute atomic E-state index is 11.7. The van der Waals surface area contributed by atoms with Crippen LogP contribution in [0.3, 0.4) is 0 Å². The van der Waals surface area contributed by atoms with Gasteiger partial charge in [0.05, 0.1) is 18.8 Å². The van der Waals surface area contributed by atoms with E-state index in [9.17, 15) is 4.79 Å². The number of ketones is 1. The second-order valence-corrected chi connectivity index (χ2v) is 5.63. The van der Waals surface area contributed by atoms with Crippen molar-refractivity contribution in [2.75, 3.05) is 19.6 Å². The van der Waals surface area contributed by atoms with Crippen molar-refractivity contribution < 1.29 is 4.79 Å². The molecule has 0 atom stereocenters. The van der Waals surface area contributed by atoms with E-state index in [1.165, 1.54) is 5.56 Å². The highest BCUT2D eigenvalue weighted by molar-refractivity contribution is 5.82. The van der Waals surface area contributed by atoms with E-state index >= 15 is 0 Å². The molecule has 1 saturated heterocycles. The number of piperidine rings is 1. The van der Waals surface area contributed by atoms with Gasteiger partial charge in [0, 0.05) is 25.2 Å². The van der Waals surface area contributed by atoms with Gasteiger partial charge in [-0.1, -0.05) is 13.8 Å². The van der Waals surface area contributed by atoms with Crippen LogP contribution in [0.15, 0.2) is 12.4 Å². The van der Waals surface area contributed by atoms with Crippen LogP contribution in [0.1, 0.15) is 38.3 Å². The summed E-state index contributed by atoms with van der Waals surface area (Å²) in [5.41, 5.74) is 1.22. The summed E-state index contributed by atoms with van der Waals surface area (Å²) < 4.78 is 2.08. The van der Waals surface area contributed by atoms with Crippen LogP contribution in [0.2, 0.25) is 0 Å². The number of nitrogens with zero attached hydrogens (tertiary/aromatic N) is 3. The van der Waals surface area contributed by atoms with Crippen molar-refractivity contribution in [3.05, 3.63) is 18.0 Å². The number of likely N-dealkylation sites (tertiary alicyclic amines) is 1. The van der Waals surface area contributed by atoms with Crippen LogP contribution in [0, 0.1) is 12.8 Å². The molecule has 1 fully saturated rings. The molecule has 1 aromatic rings. The third-order valence-corrected chi connectivity index (χ3v) is 3.69. The van der Waals surface area contributed by atoms with Crippen molar-refractivity contribution >= 4 is 5.78 Å². The highest BCUT2D eigenvalue weighted by Gasteiger charge is 2.22. The summed E-state index contributed by atoms with van der Waals surface area (Å²) >= 11 is 0. The Kier molecular flexibility index (Phi) is 4.17. The number of aromatic nitrogens is 2. The molecule has 0 amide bonds. The number of hydrogen-bond donors (Lipinski definition) is 0. The first kappa shape index (κ1) is 13.3. The SMILES string of the molecule is Cc1cnn(C2CCN(CC(=O)C(C)C)CC2)c1. The van der Waals surface area contributed by atoms with E-state index in [-0.39, 0.29) is 5.92 Å². The molecule has 0 N–H and O–H groups in total. The third-order valence-electron chi connectivity index (χ3n) is 3.69. The normalized spacial score (nSPS) is 18.4. The lowest BCUT2D eigenvalue weighted by Crippen LogP contribution is -2.39. The summed E-state index contributed by atoms with van der Waals surface area (Å²) in [5, 5.41) is 4.38. The lowest BCUT2D eigenvalue weighted by Gasteiger charge is -2.31. The average Bonchev–Trinajstić information content (AvgIpc) is 2.76. The molecule has 0 saturated carbocycles. The number of carbonyl (C=O) groups excluding carboxylic acids is 1. The van der Waals surface area contributed by atoms with E-state index in [0.717, 1.165) is 25.9 Å². The zero-order valence-electron chi connectivity index (χ0n) is 11.6. The van der Waals surface area contributed by atoms with Gasteiger partial charge in [-0.05, 0) is 25.3 Å². The van der Waals surface area contributed by atoms with Gasteiger partial charge in [-0.2, -0.15) is 5.10 Å². The molecule has 4 heteroatoms. The van der Waals surface area contributed by atoms with E-state index in [0.29, 0.717) is 18.4 Å². The molecular formula is C14H23N3O. The fraction of sp³-hybridized carbons (Fsp3) is 0.714. The van der Waals surface area contributed by atoms with Gasteiger partial charge in [0.25, 0.3) is 0 Å². The maximum atomic E-state index is 11.7. The smallest absolute Gasteiger partial charge is 0.149 e. The molecule has 0 spiro atoms. The lowest BCUT2D eigenvalue weighted by molar-refractivity contribution is -0.123. The van der Waals surface area contributed by atoms with Crippen LogP contribution in [0.5, 0.6) is 0 Å². The number of hydrogen-bond acceptors (Lipinski definition) is 3. The summed E-state index contributed by atoms with van der Waals surface area (Å²) in [6.45, 7) is 8.63. The molecule has 18 heavy (non-hydrogen) atoms. The van der Waals surface area contributed by atoms with Gasteiger partial charge in [0.2, 0.25) is 0 Å². The van der Waals surface area contributed by atoms with Crippen molar-refractivity contribution in [3.8, 4) is 0 Å². The monoisotopic (exact) mass is 249 g/mol. The number of Topliss-reactive ketones (excluding diaryl/α,β-unsaturated/α-hetero) is 1. The minimum Gasteiger partial charge on any atom is -0.298 e. The molecule has 1 aliphatic heterocycles. The highest BCUT2D eigenvalue weighted by Crippen LogP contribution is 2.22. The van der Waals surface area contributed by atoms with E-state index in [4.69, 9.17) is 0 Å². The largest absolute Gasteiger partial charge is 0.298 e. The predicted octanol–water partition coefficient (Wildman–Crippen LogP) is 2.05. The van der Waals surface area contributed by atoms with Gasteiger partial charge < -0.3 is 0 Å². The summed E-state index contributed by atoms with van der Waals surface area (Å²) in [4.78, 5) is 14.0. The van der Waals surface area contributed by atoms with Gasteiger partial charge in [-0.25, -0.2) is 0 Å². The van der Waals surface area contributed by atoms with Crippen molar-refractivity contribution in [1.82, 2.24) is 14.7 Å². The summed E-state index contributed by atoms with van der Waals surface area (Å²) in [6, 6.07) is 0.504. The van der Waals surface area contributed by atoms with Crippen molar-refractivity contribution in [2.45, 2.75) is 39.7 Å². The first-order valence-electron chi connectivity index (χ1n) is 6.82. The fourth-order valence-electron chi connectivity index (χ4n) is 2.38. The van der Waals surface area contributed by atoms with Crippen molar-refractivity contribution in [3.63, 3.8) is 0 Å². The topological polar surface area (TPSA) is 38.1 Å². The first-order chi connectivity index (χ1) is 8.56. The van der Waals surface area contributed by atoms with Crippen LogP contribution in [-0.2, 0) is 4.79 Å². The molecule has 0 unspecified atom stereocenters. The zero-order chi connectivity index (χ0) is 13.1. The molecule has 100 valence electrons. The van der Waals surface area contributed by atoms with E-state index in [1.54, 1.807) is 0 Å². The Morgan fingerprint density at radius 1 is 1.44 bits per heavy atom. The molecule has 0 bridgehead atoms. The Labute approximate surface area is 109 Å². The lowest BCUT2D eigenvalue weighted by atomic mass is 10.0. The maximum Gasteiger partial charge on any atom is 0.149 e. The Morgan fingerprint density at radius 3 is 2.61 bits per heavy atom. The van der Waals surface area contributed by atoms with E-state index in [1.807, 2.05) is 20.0 Å². The minimum absolute atomic E-state index is 0.150. The molecule has 0 aromatic carbocycles. The van der Waals surface area contributed by atoms with Gasteiger partial charge in [0.1, 0.15) is 5.78 Å². The number of rotatable bonds is 4. The summed E-state index contributed by atoms with van der Waals surface area (Å²) in [6.07, 6.45) is 6.20. The van der Waals surface area contributed by atoms with Crippen LogP contribution >= 0.6 is 0 Å². The molecule has 2 heterocycles. The number of aryl methyl sites for hydroxylation is 1. The van der Waals surface area contributed by atoms with Gasteiger partial charge in [-0.3, -0.25) is 14.4 Å². The summed E-state index contributed by atoms with van der Waals surface area (Å²) in [7, 11) is 0. The van der Waals surface area contributed by atoms with Crippen LogP contribution in [0.25, 0.3) is 0 Å². The van der Waals surface area contributed by atoms with Crippen molar-refractivity contribution in [2.24, 2.45) is 5.92 Å². The predicted molar refractivity (Wildman–Crippen MR) is 71.5 cm³/mol. The van der Waals surface area contributed by atoms with Crippen molar-refractivity contribution in [1.29, 1.82) is 0 Å². The Hall–Kier alpha value is -1.16. The van der Waals surface area contributed by atoms with Crippen LogP contribution in [-0.4, -0.2) is 40.1 Å². The quantitative estimate of drug-likeness (QED) is 0.819. The minimum atomic E-state index is 0.150. The van der Waals surface area contributed by atoms with Gasteiger partial charge in [0.15, 0.2) is 0 Å². The van der Waals surface area contributed by atoms with Crippen LogP contribution in [0.4, 0.5) is 0 Å². The average molecular weight is 249 g/mol. The molecule has 1 aromatic heterocycles. The fourth-order valence-corrected chi connectivity index (χ4v) is 2.38. The Morgan fingerprint density at radius 2 is 2.11 bits per heavy atom. The molecule has 2 rings (SSSR count).